The number of rotatable bonds is 5. The van der Waals surface area contributed by atoms with Crippen LogP contribution >= 0.6 is 0 Å². The molecule has 5 nitrogen and oxygen atoms in total. The van der Waals surface area contributed by atoms with Crippen LogP contribution in [0.2, 0.25) is 0 Å². The Bertz CT molecular complexity index is 674. The van der Waals surface area contributed by atoms with Crippen LogP contribution in [-0.4, -0.2) is 41.0 Å². The lowest BCUT2D eigenvalue weighted by Gasteiger charge is -2.26. The van der Waals surface area contributed by atoms with Gasteiger partial charge < -0.3 is 14.6 Å². The summed E-state index contributed by atoms with van der Waals surface area (Å²) >= 11 is 0. The van der Waals surface area contributed by atoms with Crippen LogP contribution in [0.3, 0.4) is 0 Å². The molecule has 128 valence electrons. The molecule has 0 radical (unpaired) electrons. The molecule has 24 heavy (non-hydrogen) atoms. The van der Waals surface area contributed by atoms with E-state index in [2.05, 4.69) is 42.1 Å². The second kappa shape index (κ2) is 7.56. The lowest BCUT2D eigenvalue weighted by Crippen LogP contribution is -2.37. The summed E-state index contributed by atoms with van der Waals surface area (Å²) in [7, 11) is 2.06. The second-order valence-electron chi connectivity index (χ2n) is 7.01. The van der Waals surface area contributed by atoms with E-state index in [1.54, 1.807) is 11.1 Å². The number of nitrogens with one attached hydrogen (secondary N) is 1. The zero-order valence-electron chi connectivity index (χ0n) is 15.2. The van der Waals surface area contributed by atoms with Gasteiger partial charge in [0.15, 0.2) is 0 Å². The van der Waals surface area contributed by atoms with Crippen molar-refractivity contribution in [3.63, 3.8) is 0 Å². The lowest BCUT2D eigenvalue weighted by molar-refractivity contribution is 0.0229. The molecule has 2 aromatic rings. The molecule has 0 saturated heterocycles. The summed E-state index contributed by atoms with van der Waals surface area (Å²) in [6.07, 6.45) is 2.36. The molecule has 1 aromatic heterocycles. The minimum absolute atomic E-state index is 0.308. The molecular formula is C18H26BN3O2. The smallest absolute Gasteiger partial charge is 0.410 e. The number of imidazole rings is 1. The van der Waals surface area contributed by atoms with Crippen LogP contribution in [0.15, 0.2) is 30.5 Å². The number of benzene rings is 1. The van der Waals surface area contributed by atoms with E-state index in [0.717, 1.165) is 23.5 Å². The minimum Gasteiger partial charge on any atom is -0.444 e. The number of carbonyl (C=O) groups excluding carboxylic acids is 1. The molecule has 0 atom stereocenters. The largest absolute Gasteiger partial charge is 0.444 e. The Hall–Kier alpha value is -2.24. The topological polar surface area (TPSA) is 58.2 Å². The van der Waals surface area contributed by atoms with Gasteiger partial charge in [-0.3, -0.25) is 0 Å². The number of aromatic nitrogens is 2. The van der Waals surface area contributed by atoms with Crippen molar-refractivity contribution < 1.29 is 9.53 Å². The molecule has 6 heteroatoms. The van der Waals surface area contributed by atoms with E-state index in [1.807, 2.05) is 27.7 Å². The number of nitrogens with zero attached hydrogens (tertiary/aromatic N) is 2. The average Bonchev–Trinajstić information content (AvgIpc) is 2.94. The molecule has 1 N–H and O–H groups in total. The minimum atomic E-state index is -0.501. The van der Waals surface area contributed by atoms with Crippen LogP contribution in [0.5, 0.6) is 0 Å². The van der Waals surface area contributed by atoms with Crippen LogP contribution in [0.1, 0.15) is 39.9 Å². The summed E-state index contributed by atoms with van der Waals surface area (Å²) in [6.45, 7) is 8.70. The third kappa shape index (κ3) is 5.15. The Morgan fingerprint density at radius 2 is 1.96 bits per heavy atom. The van der Waals surface area contributed by atoms with Gasteiger partial charge in [0.25, 0.3) is 0 Å². The van der Waals surface area contributed by atoms with Crippen LogP contribution in [0.4, 0.5) is 4.79 Å². The van der Waals surface area contributed by atoms with E-state index in [4.69, 9.17) is 4.74 Å². The fourth-order valence-corrected chi connectivity index (χ4v) is 2.33. The summed E-state index contributed by atoms with van der Waals surface area (Å²) in [5.41, 5.74) is 2.75. The summed E-state index contributed by atoms with van der Waals surface area (Å²) in [5, 5.41) is 0. The fourth-order valence-electron chi connectivity index (χ4n) is 2.33. The third-order valence-corrected chi connectivity index (χ3v) is 3.48. The van der Waals surface area contributed by atoms with Gasteiger partial charge in [-0.25, -0.2) is 9.78 Å². The highest BCUT2D eigenvalue weighted by molar-refractivity contribution is 6.32. The van der Waals surface area contributed by atoms with Crippen LogP contribution < -0.4 is 5.46 Å². The molecule has 0 fully saturated rings. The molecule has 0 aliphatic heterocycles. The van der Waals surface area contributed by atoms with Gasteiger partial charge in [0, 0.05) is 6.54 Å². The first-order valence-corrected chi connectivity index (χ1v) is 8.37. The Labute approximate surface area is 144 Å². The molecule has 1 aromatic carbocycles. The van der Waals surface area contributed by atoms with Crippen molar-refractivity contribution in [1.82, 2.24) is 14.9 Å². The Morgan fingerprint density at radius 1 is 1.29 bits per heavy atom. The highest BCUT2D eigenvalue weighted by Gasteiger charge is 2.22. The maximum Gasteiger partial charge on any atom is 0.410 e. The first-order chi connectivity index (χ1) is 11.3. The van der Waals surface area contributed by atoms with Gasteiger partial charge >= 0.3 is 6.09 Å². The standard InChI is InChI=1S/C18H26BN3O2/c1-5-10-22(17(23)24-18(2,3)4)12-16-20-11-15(21-16)13-6-8-14(19)9-7-13/h6-9,11H,5,10,12,19H2,1-4H3,(H,20,21). The molecule has 2 rings (SSSR count). The van der Waals surface area contributed by atoms with E-state index >= 15 is 0 Å². The van der Waals surface area contributed by atoms with Gasteiger partial charge in [-0.2, -0.15) is 0 Å². The van der Waals surface area contributed by atoms with E-state index < -0.39 is 5.60 Å². The Morgan fingerprint density at radius 3 is 2.54 bits per heavy atom. The van der Waals surface area contributed by atoms with Crippen molar-refractivity contribution >= 4 is 19.4 Å². The first kappa shape index (κ1) is 18.1. The number of aromatic amines is 1. The lowest BCUT2D eigenvalue weighted by atomic mass is 9.95. The maximum absolute atomic E-state index is 12.3. The number of carbonyl (C=O) groups is 1. The molecular weight excluding hydrogens is 301 g/mol. The van der Waals surface area contributed by atoms with E-state index in [-0.39, 0.29) is 6.09 Å². The zero-order chi connectivity index (χ0) is 17.7. The fraction of sp³-hybridized carbons (Fsp3) is 0.444. The van der Waals surface area contributed by atoms with Gasteiger partial charge in [-0.05, 0) is 32.8 Å². The van der Waals surface area contributed by atoms with Gasteiger partial charge in [0.05, 0.1) is 18.4 Å². The van der Waals surface area contributed by atoms with Crippen molar-refractivity contribution in [3.8, 4) is 11.3 Å². The normalized spacial score (nSPS) is 11.3. The highest BCUT2D eigenvalue weighted by Crippen LogP contribution is 2.17. The van der Waals surface area contributed by atoms with Crippen LogP contribution in [0.25, 0.3) is 11.3 Å². The summed E-state index contributed by atoms with van der Waals surface area (Å²) < 4.78 is 5.47. The zero-order valence-corrected chi connectivity index (χ0v) is 15.2. The predicted molar refractivity (Wildman–Crippen MR) is 99.1 cm³/mol. The molecule has 0 aliphatic rings. The summed E-state index contributed by atoms with van der Waals surface area (Å²) in [5.74, 6) is 0.755. The van der Waals surface area contributed by atoms with Crippen molar-refractivity contribution in [1.29, 1.82) is 0 Å². The van der Waals surface area contributed by atoms with Crippen molar-refractivity contribution in [3.05, 3.63) is 36.3 Å². The third-order valence-electron chi connectivity index (χ3n) is 3.48. The Balaban J connectivity index is 2.10. The van der Waals surface area contributed by atoms with Gasteiger partial charge in [0.1, 0.15) is 19.3 Å². The Kier molecular flexibility index (Phi) is 5.70. The van der Waals surface area contributed by atoms with Crippen molar-refractivity contribution in [2.45, 2.75) is 46.3 Å². The van der Waals surface area contributed by atoms with Gasteiger partial charge in [0.2, 0.25) is 0 Å². The molecule has 0 spiro atoms. The molecule has 0 unspecified atom stereocenters. The van der Waals surface area contributed by atoms with E-state index in [1.165, 1.54) is 5.46 Å². The van der Waals surface area contributed by atoms with Crippen molar-refractivity contribution in [2.75, 3.05) is 6.54 Å². The maximum atomic E-state index is 12.3. The van der Waals surface area contributed by atoms with Crippen LogP contribution in [0, 0.1) is 0 Å². The number of amides is 1. The molecule has 0 bridgehead atoms. The predicted octanol–water partition coefficient (Wildman–Crippen LogP) is 2.48. The van der Waals surface area contributed by atoms with Crippen molar-refractivity contribution in [2.24, 2.45) is 0 Å². The SMILES string of the molecule is Bc1ccc(-c2cnc(CN(CCC)C(=O)OC(C)(C)C)[nH]2)cc1. The first-order valence-electron chi connectivity index (χ1n) is 8.37. The highest BCUT2D eigenvalue weighted by atomic mass is 16.6. The number of hydrogen-bond acceptors (Lipinski definition) is 3. The second-order valence-corrected chi connectivity index (χ2v) is 7.01. The number of ether oxygens (including phenoxy) is 1. The van der Waals surface area contributed by atoms with Gasteiger partial charge in [-0.1, -0.05) is 36.7 Å². The molecule has 1 heterocycles. The summed E-state index contributed by atoms with van der Waals surface area (Å²) in [4.78, 5) is 21.7. The summed E-state index contributed by atoms with van der Waals surface area (Å²) in [6, 6.07) is 8.26. The number of hydrogen-bond donors (Lipinski definition) is 1. The van der Waals surface area contributed by atoms with E-state index in [9.17, 15) is 4.79 Å². The monoisotopic (exact) mass is 327 g/mol. The quantitative estimate of drug-likeness (QED) is 0.859. The molecule has 0 saturated carbocycles. The molecule has 0 aliphatic carbocycles. The average molecular weight is 327 g/mol. The molecule has 1 amide bonds. The van der Waals surface area contributed by atoms with E-state index in [0.29, 0.717) is 13.1 Å². The van der Waals surface area contributed by atoms with Gasteiger partial charge in [-0.15, -0.1) is 0 Å². The number of H-pyrrole nitrogens is 1. The van der Waals surface area contributed by atoms with Crippen LogP contribution in [-0.2, 0) is 11.3 Å².